The molecule has 2 aromatic rings. The van der Waals surface area contributed by atoms with Crippen molar-refractivity contribution in [3.63, 3.8) is 0 Å². The molecule has 2 rings (SSSR count). The number of carbonyl (C=O) groups excluding carboxylic acids is 2. The molecule has 0 spiro atoms. The Labute approximate surface area is 148 Å². The standard InChI is InChI=1S/C17H13N5O4/c18-9-8-12-4-6-14(7-5-12)20-16(23)17(24)21-19-11-13-2-1-3-15(10-13)22(25)26/h1-7,10-11H,8H2,(H,20,23)(H,21,24)/b19-11+. The van der Waals surface area contributed by atoms with Crippen LogP contribution in [0.4, 0.5) is 11.4 Å². The number of anilines is 1. The van der Waals surface area contributed by atoms with E-state index in [1.165, 1.54) is 24.4 Å². The van der Waals surface area contributed by atoms with E-state index in [0.717, 1.165) is 5.56 Å². The molecule has 130 valence electrons. The fourth-order valence-electron chi connectivity index (χ4n) is 1.92. The molecule has 0 aliphatic rings. The number of nitro benzene ring substituents is 1. The molecule has 0 heterocycles. The summed E-state index contributed by atoms with van der Waals surface area (Å²) in [5.41, 5.74) is 3.51. The molecule has 0 atom stereocenters. The van der Waals surface area contributed by atoms with Crippen LogP contribution in [0.5, 0.6) is 0 Å². The molecule has 0 unspecified atom stereocenters. The van der Waals surface area contributed by atoms with E-state index in [-0.39, 0.29) is 12.1 Å². The molecule has 2 aromatic carbocycles. The van der Waals surface area contributed by atoms with E-state index in [0.29, 0.717) is 11.3 Å². The van der Waals surface area contributed by atoms with Gasteiger partial charge in [-0.3, -0.25) is 19.7 Å². The number of rotatable bonds is 5. The minimum atomic E-state index is -0.993. The molecule has 9 nitrogen and oxygen atoms in total. The van der Waals surface area contributed by atoms with Gasteiger partial charge in [0.25, 0.3) is 5.69 Å². The zero-order valence-corrected chi connectivity index (χ0v) is 13.4. The number of nitrogens with zero attached hydrogens (tertiary/aromatic N) is 3. The van der Waals surface area contributed by atoms with Crippen LogP contribution in [-0.2, 0) is 16.0 Å². The zero-order valence-electron chi connectivity index (χ0n) is 13.4. The lowest BCUT2D eigenvalue weighted by Crippen LogP contribution is -2.32. The summed E-state index contributed by atoms with van der Waals surface area (Å²) in [6, 6.07) is 14.1. The highest BCUT2D eigenvalue weighted by Crippen LogP contribution is 2.11. The Hall–Kier alpha value is -4.06. The van der Waals surface area contributed by atoms with E-state index >= 15 is 0 Å². The highest BCUT2D eigenvalue weighted by Gasteiger charge is 2.12. The smallest absolute Gasteiger partial charge is 0.318 e. The van der Waals surface area contributed by atoms with Gasteiger partial charge in [0.05, 0.1) is 23.6 Å². The second-order valence-corrected chi connectivity index (χ2v) is 5.04. The molecule has 9 heteroatoms. The number of nitrogens with one attached hydrogen (secondary N) is 2. The minimum Gasteiger partial charge on any atom is -0.318 e. The first-order chi connectivity index (χ1) is 12.5. The summed E-state index contributed by atoms with van der Waals surface area (Å²) >= 11 is 0. The molecule has 0 radical (unpaired) electrons. The van der Waals surface area contributed by atoms with Crippen LogP contribution in [0.3, 0.4) is 0 Å². The first kappa shape index (κ1) is 18.3. The monoisotopic (exact) mass is 351 g/mol. The molecule has 26 heavy (non-hydrogen) atoms. The van der Waals surface area contributed by atoms with E-state index in [2.05, 4.69) is 10.4 Å². The minimum absolute atomic E-state index is 0.113. The molecule has 0 aliphatic heterocycles. The highest BCUT2D eigenvalue weighted by atomic mass is 16.6. The summed E-state index contributed by atoms with van der Waals surface area (Å²) in [5.74, 6) is -1.91. The molecule has 0 aromatic heterocycles. The number of hydrazone groups is 1. The molecule has 0 bridgehead atoms. The van der Waals surface area contributed by atoms with Crippen molar-refractivity contribution in [1.29, 1.82) is 5.26 Å². The predicted molar refractivity (Wildman–Crippen MR) is 93.2 cm³/mol. The maximum Gasteiger partial charge on any atom is 0.329 e. The van der Waals surface area contributed by atoms with Crippen molar-refractivity contribution in [3.8, 4) is 6.07 Å². The average Bonchev–Trinajstić information content (AvgIpc) is 2.63. The third kappa shape index (κ3) is 5.24. The van der Waals surface area contributed by atoms with Gasteiger partial charge in [0.15, 0.2) is 0 Å². The first-order valence-corrected chi connectivity index (χ1v) is 7.34. The fourth-order valence-corrected chi connectivity index (χ4v) is 1.92. The Bertz CT molecular complexity index is 900. The fraction of sp³-hybridized carbons (Fsp3) is 0.0588. The van der Waals surface area contributed by atoms with E-state index in [1.54, 1.807) is 30.3 Å². The number of hydrogen-bond acceptors (Lipinski definition) is 6. The van der Waals surface area contributed by atoms with Crippen LogP contribution in [0, 0.1) is 21.4 Å². The van der Waals surface area contributed by atoms with Crippen LogP contribution in [0.2, 0.25) is 0 Å². The van der Waals surface area contributed by atoms with Gasteiger partial charge in [-0.1, -0.05) is 24.3 Å². The van der Waals surface area contributed by atoms with Crippen molar-refractivity contribution >= 4 is 29.4 Å². The normalized spacial score (nSPS) is 10.1. The Balaban J connectivity index is 1.90. The van der Waals surface area contributed by atoms with Gasteiger partial charge in [0.1, 0.15) is 0 Å². The molecule has 2 N–H and O–H groups in total. The summed E-state index contributed by atoms with van der Waals surface area (Å²) in [4.78, 5) is 33.6. The van der Waals surface area contributed by atoms with Crippen LogP contribution in [0.25, 0.3) is 0 Å². The third-order valence-corrected chi connectivity index (χ3v) is 3.16. The molecule has 0 fully saturated rings. The summed E-state index contributed by atoms with van der Waals surface area (Å²) in [6.07, 6.45) is 1.44. The van der Waals surface area contributed by atoms with Crippen LogP contribution in [0.15, 0.2) is 53.6 Å². The van der Waals surface area contributed by atoms with Crippen molar-refractivity contribution in [3.05, 3.63) is 69.8 Å². The quantitative estimate of drug-likeness (QED) is 0.366. The van der Waals surface area contributed by atoms with Crippen molar-refractivity contribution in [2.75, 3.05) is 5.32 Å². The number of nitriles is 1. The number of benzene rings is 2. The number of amides is 2. The van der Waals surface area contributed by atoms with Crippen molar-refractivity contribution < 1.29 is 14.5 Å². The van der Waals surface area contributed by atoms with Gasteiger partial charge in [-0.15, -0.1) is 0 Å². The average molecular weight is 351 g/mol. The summed E-state index contributed by atoms with van der Waals surface area (Å²) in [7, 11) is 0. The van der Waals surface area contributed by atoms with Crippen LogP contribution >= 0.6 is 0 Å². The topological polar surface area (TPSA) is 137 Å². The van der Waals surface area contributed by atoms with Crippen LogP contribution < -0.4 is 10.7 Å². The molecule has 2 amide bonds. The van der Waals surface area contributed by atoms with E-state index < -0.39 is 16.7 Å². The largest absolute Gasteiger partial charge is 0.329 e. The second-order valence-electron chi connectivity index (χ2n) is 5.04. The van der Waals surface area contributed by atoms with Crippen LogP contribution in [0.1, 0.15) is 11.1 Å². The molecular formula is C17H13N5O4. The summed E-state index contributed by atoms with van der Waals surface area (Å²) < 4.78 is 0. The summed E-state index contributed by atoms with van der Waals surface area (Å²) in [6.45, 7) is 0. The van der Waals surface area contributed by atoms with E-state index in [9.17, 15) is 19.7 Å². The third-order valence-electron chi connectivity index (χ3n) is 3.16. The Morgan fingerprint density at radius 3 is 2.58 bits per heavy atom. The van der Waals surface area contributed by atoms with Gasteiger partial charge >= 0.3 is 11.8 Å². The lowest BCUT2D eigenvalue weighted by atomic mass is 10.1. The molecule has 0 aliphatic carbocycles. The molecule has 0 saturated heterocycles. The van der Waals surface area contributed by atoms with Crippen LogP contribution in [-0.4, -0.2) is 23.0 Å². The van der Waals surface area contributed by atoms with E-state index in [4.69, 9.17) is 5.26 Å². The highest BCUT2D eigenvalue weighted by molar-refractivity contribution is 6.39. The first-order valence-electron chi connectivity index (χ1n) is 7.34. The number of nitro groups is 1. The van der Waals surface area contributed by atoms with Gasteiger partial charge in [-0.25, -0.2) is 5.43 Å². The van der Waals surface area contributed by atoms with Gasteiger partial charge < -0.3 is 5.32 Å². The van der Waals surface area contributed by atoms with Crippen molar-refractivity contribution in [1.82, 2.24) is 5.43 Å². The maximum atomic E-state index is 11.8. The van der Waals surface area contributed by atoms with Gasteiger partial charge in [-0.05, 0) is 17.7 Å². The van der Waals surface area contributed by atoms with Gasteiger partial charge in [0, 0.05) is 23.4 Å². The lowest BCUT2D eigenvalue weighted by molar-refractivity contribution is -0.384. The Morgan fingerprint density at radius 2 is 1.92 bits per heavy atom. The van der Waals surface area contributed by atoms with Gasteiger partial charge in [-0.2, -0.15) is 10.4 Å². The number of non-ortho nitro benzene ring substituents is 1. The molecule has 0 saturated carbocycles. The molecular weight excluding hydrogens is 338 g/mol. The second kappa shape index (κ2) is 8.70. The maximum absolute atomic E-state index is 11.8. The Kier molecular flexibility index (Phi) is 6.12. The van der Waals surface area contributed by atoms with E-state index in [1.807, 2.05) is 11.5 Å². The Morgan fingerprint density at radius 1 is 1.19 bits per heavy atom. The number of hydrogen-bond donors (Lipinski definition) is 2. The van der Waals surface area contributed by atoms with Crippen molar-refractivity contribution in [2.45, 2.75) is 6.42 Å². The number of carbonyl (C=O) groups is 2. The summed E-state index contributed by atoms with van der Waals surface area (Å²) in [5, 5.41) is 25.3. The lowest BCUT2D eigenvalue weighted by Gasteiger charge is -2.04. The van der Waals surface area contributed by atoms with Crippen molar-refractivity contribution in [2.24, 2.45) is 5.10 Å². The predicted octanol–water partition coefficient (Wildman–Crippen LogP) is 1.75. The zero-order chi connectivity index (χ0) is 18.9. The SMILES string of the molecule is N#CCc1ccc(NC(=O)C(=O)N/N=C/c2cccc([N+](=O)[O-])c2)cc1. The van der Waals surface area contributed by atoms with Gasteiger partial charge in [0.2, 0.25) is 0 Å².